The second kappa shape index (κ2) is 11.5. The number of ether oxygens (including phenoxy) is 1. The van der Waals surface area contributed by atoms with Crippen LogP contribution in [-0.2, 0) is 31.5 Å². The van der Waals surface area contributed by atoms with E-state index in [1.165, 1.54) is 6.08 Å². The molecule has 4 aliphatic rings. The smallest absolute Gasteiger partial charge is 0.508 e. The summed E-state index contributed by atoms with van der Waals surface area (Å²) < 4.78 is 126. The molecule has 2 heterocycles. The maximum absolute atomic E-state index is 14.1. The van der Waals surface area contributed by atoms with Crippen molar-refractivity contribution in [2.75, 3.05) is 10.4 Å². The number of allylic oxidation sites excluding steroid dienone is 2. The van der Waals surface area contributed by atoms with Gasteiger partial charge in [0.15, 0.2) is 9.75 Å². The molecule has 0 aromatic heterocycles. The summed E-state index contributed by atoms with van der Waals surface area (Å²) in [5.74, 6) is -12.5. The van der Waals surface area contributed by atoms with Gasteiger partial charge < -0.3 is 9.84 Å². The number of hydrogen-bond acceptors (Lipinski definition) is 6. The fourth-order valence-electron chi connectivity index (χ4n) is 7.38. The highest BCUT2D eigenvalue weighted by atomic mass is 79.9. The van der Waals surface area contributed by atoms with E-state index in [1.807, 2.05) is 0 Å². The summed E-state index contributed by atoms with van der Waals surface area (Å²) in [7, 11) is 0. The first-order chi connectivity index (χ1) is 23.0. The molecule has 2 aliphatic heterocycles. The number of hydrogen-bond donors (Lipinski definition) is 1. The van der Waals surface area contributed by atoms with Crippen LogP contribution in [0.15, 0.2) is 48.0 Å². The molecule has 3 fully saturated rings. The number of anilines is 1. The van der Waals surface area contributed by atoms with Gasteiger partial charge in [0.2, 0.25) is 11.8 Å². The lowest BCUT2D eigenvalue weighted by Gasteiger charge is -2.50. The fourth-order valence-corrected chi connectivity index (χ4v) is 8.80. The van der Waals surface area contributed by atoms with Crippen molar-refractivity contribution in [3.8, 4) is 11.5 Å². The second-order valence-corrected chi connectivity index (χ2v) is 13.8. The molecular weight excluding hydrogens is 806 g/mol. The molecule has 2 aromatic carbocycles. The van der Waals surface area contributed by atoms with Crippen LogP contribution in [0.2, 0.25) is 0 Å². The molecule has 6 atom stereocenters. The quantitative estimate of drug-likeness (QED) is 0.115. The maximum Gasteiger partial charge on any atom is 0.573 e. The lowest BCUT2D eigenvalue weighted by molar-refractivity contribution is -0.274. The van der Waals surface area contributed by atoms with Gasteiger partial charge in [-0.2, -0.15) is 26.3 Å². The van der Waals surface area contributed by atoms with Crippen molar-refractivity contribution in [3.05, 3.63) is 64.7 Å². The van der Waals surface area contributed by atoms with Crippen molar-refractivity contribution in [1.82, 2.24) is 4.90 Å². The Morgan fingerprint density at radius 2 is 1.46 bits per heavy atom. The number of carbonyl (C=O) groups is 4. The molecule has 50 heavy (non-hydrogen) atoms. The van der Waals surface area contributed by atoms with Gasteiger partial charge in [-0.25, -0.2) is 4.90 Å². The number of halogens is 12. The standard InChI is InChI=1S/C30H18BrCl2F9N2O6/c31-10-43-24(48)26(32)9-18-15(21(27(26,33)25(43)49)17-8-14(1-4-19(17)45)50-30(40,41)42)2-3-16-20(18)23(47)44(22(16)46)13-6-11(28(34,35)36)5-12(7-13)29(37,38)39/h1-2,4-8,16,18,20-21,45H,3,9-10H2/t16-,18+,20-,21+,26+,27-/m0/s1. The number of likely N-dealkylation sites (tertiary alicyclic amines) is 1. The minimum absolute atomic E-state index is 0.0439. The van der Waals surface area contributed by atoms with Crippen molar-refractivity contribution in [2.24, 2.45) is 17.8 Å². The third-order valence-corrected chi connectivity index (χ3v) is 11.3. The SMILES string of the molecule is O=C1[C@H]2[C@H](CC=C3[C@H]2C[C@@]2(Cl)C(=O)N(CBr)C(=O)[C@@]2(Cl)[C@H]3c2cc(OC(F)(F)F)ccc2O)C(=O)N1c1cc(C(F)(F)F)cc(C(F)(F)F)c1. The summed E-state index contributed by atoms with van der Waals surface area (Å²) in [5, 5.41) is 10.9. The molecular formula is C30H18BrCl2F9N2O6. The molecule has 0 spiro atoms. The van der Waals surface area contributed by atoms with Crippen LogP contribution in [0.3, 0.4) is 0 Å². The van der Waals surface area contributed by atoms with Crippen molar-refractivity contribution in [3.63, 3.8) is 0 Å². The number of fused-ring (bicyclic) bond motifs is 4. The van der Waals surface area contributed by atoms with E-state index in [1.54, 1.807) is 0 Å². The molecule has 268 valence electrons. The summed E-state index contributed by atoms with van der Waals surface area (Å²) in [4.78, 5) is 51.0. The topological polar surface area (TPSA) is 104 Å². The van der Waals surface area contributed by atoms with E-state index < -0.39 is 128 Å². The van der Waals surface area contributed by atoms with Crippen molar-refractivity contribution in [2.45, 2.75) is 47.2 Å². The summed E-state index contributed by atoms with van der Waals surface area (Å²) in [5.41, 5.74) is -5.66. The Balaban J connectivity index is 1.52. The van der Waals surface area contributed by atoms with Crippen LogP contribution in [-0.4, -0.2) is 55.2 Å². The number of imide groups is 2. The Labute approximate surface area is 292 Å². The molecule has 0 radical (unpaired) electrons. The minimum Gasteiger partial charge on any atom is -0.508 e. The van der Waals surface area contributed by atoms with Gasteiger partial charge in [0.05, 0.1) is 34.1 Å². The molecule has 20 heteroatoms. The molecule has 2 saturated heterocycles. The monoisotopic (exact) mass is 822 g/mol. The molecule has 4 amide bonds. The summed E-state index contributed by atoms with van der Waals surface area (Å²) in [6.45, 7) is 0. The molecule has 0 bridgehead atoms. The summed E-state index contributed by atoms with van der Waals surface area (Å²) in [6.07, 6.45) is -15.7. The molecule has 2 aromatic rings. The average molecular weight is 824 g/mol. The van der Waals surface area contributed by atoms with E-state index in [4.69, 9.17) is 23.2 Å². The van der Waals surface area contributed by atoms with E-state index in [0.29, 0.717) is 11.0 Å². The third-order valence-electron chi connectivity index (χ3n) is 9.39. The fraction of sp³-hybridized carbons (Fsp3) is 0.400. The van der Waals surface area contributed by atoms with Crippen LogP contribution in [0.25, 0.3) is 0 Å². The van der Waals surface area contributed by atoms with Crippen LogP contribution in [0.1, 0.15) is 35.4 Å². The molecule has 0 unspecified atom stereocenters. The van der Waals surface area contributed by atoms with E-state index in [2.05, 4.69) is 20.7 Å². The van der Waals surface area contributed by atoms with Gasteiger partial charge in [-0.1, -0.05) is 27.6 Å². The first-order valence-electron chi connectivity index (χ1n) is 14.2. The zero-order valence-corrected chi connectivity index (χ0v) is 27.5. The van der Waals surface area contributed by atoms with Crippen molar-refractivity contribution in [1.29, 1.82) is 0 Å². The second-order valence-electron chi connectivity index (χ2n) is 12.0. The number of nitrogens with zero attached hydrogens (tertiary/aromatic N) is 2. The Morgan fingerprint density at radius 3 is 2.00 bits per heavy atom. The highest BCUT2D eigenvalue weighted by Crippen LogP contribution is 2.66. The van der Waals surface area contributed by atoms with Crippen LogP contribution >= 0.6 is 39.1 Å². The van der Waals surface area contributed by atoms with Gasteiger partial charge in [0.25, 0.3) is 11.8 Å². The van der Waals surface area contributed by atoms with E-state index in [9.17, 15) is 63.8 Å². The van der Waals surface area contributed by atoms with Crippen molar-refractivity contribution < 1.29 is 68.5 Å². The number of aromatic hydroxyl groups is 1. The van der Waals surface area contributed by atoms with Crippen LogP contribution in [0, 0.1) is 17.8 Å². The first kappa shape index (κ1) is 36.3. The largest absolute Gasteiger partial charge is 0.573 e. The van der Waals surface area contributed by atoms with Crippen LogP contribution < -0.4 is 9.64 Å². The first-order valence-corrected chi connectivity index (χ1v) is 16.1. The molecule has 1 saturated carbocycles. The zero-order chi connectivity index (χ0) is 37.1. The predicted molar refractivity (Wildman–Crippen MR) is 157 cm³/mol. The summed E-state index contributed by atoms with van der Waals surface area (Å²) in [6, 6.07) is 2.42. The molecule has 2 aliphatic carbocycles. The van der Waals surface area contributed by atoms with E-state index in [0.717, 1.165) is 12.1 Å². The number of carbonyl (C=O) groups excluding carboxylic acids is 4. The molecule has 1 N–H and O–H groups in total. The van der Waals surface area contributed by atoms with Crippen LogP contribution in [0.4, 0.5) is 45.2 Å². The number of alkyl halides is 12. The lowest BCUT2D eigenvalue weighted by atomic mass is 9.56. The van der Waals surface area contributed by atoms with Gasteiger partial charge in [0.1, 0.15) is 11.5 Å². The number of phenolic OH excluding ortho intramolecular Hbond substituents is 1. The van der Waals surface area contributed by atoms with Crippen molar-refractivity contribution >= 4 is 68.4 Å². The number of phenols is 1. The Kier molecular flexibility index (Phi) is 8.35. The van der Waals surface area contributed by atoms with Gasteiger partial charge in [0, 0.05) is 11.5 Å². The summed E-state index contributed by atoms with van der Waals surface area (Å²) >= 11 is 16.9. The highest BCUT2D eigenvalue weighted by molar-refractivity contribution is 9.09. The Bertz CT molecular complexity index is 1850. The van der Waals surface area contributed by atoms with Gasteiger partial charge in [-0.05, 0) is 55.2 Å². The normalized spacial score (nSPS) is 30.0. The number of benzene rings is 2. The number of rotatable bonds is 4. The van der Waals surface area contributed by atoms with E-state index >= 15 is 0 Å². The predicted octanol–water partition coefficient (Wildman–Crippen LogP) is 7.24. The molecule has 6 rings (SSSR count). The Morgan fingerprint density at radius 1 is 0.860 bits per heavy atom. The van der Waals surface area contributed by atoms with Gasteiger partial charge >= 0.3 is 18.7 Å². The van der Waals surface area contributed by atoms with Gasteiger partial charge in [-0.3, -0.25) is 24.1 Å². The van der Waals surface area contributed by atoms with E-state index in [-0.39, 0.29) is 28.7 Å². The zero-order valence-electron chi connectivity index (χ0n) is 24.4. The lowest BCUT2D eigenvalue weighted by Crippen LogP contribution is -2.60. The highest BCUT2D eigenvalue weighted by Gasteiger charge is 2.76. The maximum atomic E-state index is 14.1. The third kappa shape index (κ3) is 5.34. The Hall–Kier alpha value is -3.51. The number of amides is 4. The average Bonchev–Trinajstić information content (AvgIpc) is 3.34. The minimum atomic E-state index is -5.32. The molecule has 8 nitrogen and oxygen atoms in total. The van der Waals surface area contributed by atoms with Gasteiger partial charge in [-0.15, -0.1) is 36.4 Å². The van der Waals surface area contributed by atoms with Crippen LogP contribution in [0.5, 0.6) is 11.5 Å².